The second-order valence-electron chi connectivity index (χ2n) is 2.68. The molecule has 11 heavy (non-hydrogen) atoms. The highest BCUT2D eigenvalue weighted by Crippen LogP contribution is 2.34. The first-order chi connectivity index (χ1) is 5.38. The Hall–Kier alpha value is -0.340. The lowest BCUT2D eigenvalue weighted by molar-refractivity contribution is 0.406. The van der Waals surface area contributed by atoms with Gasteiger partial charge in [-0.05, 0) is 5.56 Å². The van der Waals surface area contributed by atoms with Crippen molar-refractivity contribution in [3.8, 4) is 0 Å². The maximum atomic E-state index is 5.18. The lowest BCUT2D eigenvalue weighted by atomic mass is 10.1. The summed E-state index contributed by atoms with van der Waals surface area (Å²) in [5.74, 6) is 0. The van der Waals surface area contributed by atoms with E-state index in [4.69, 9.17) is 4.74 Å². The van der Waals surface area contributed by atoms with Crippen LogP contribution in [0.5, 0.6) is 0 Å². The lowest BCUT2D eigenvalue weighted by Crippen LogP contribution is -1.96. The third kappa shape index (κ3) is 1.63. The van der Waals surface area contributed by atoms with Crippen molar-refractivity contribution >= 4 is 15.9 Å². The van der Waals surface area contributed by atoms with Crippen LogP contribution in [0.4, 0.5) is 0 Å². The average Bonchev–Trinajstić information content (AvgIpc) is 2.87. The molecule has 0 spiro atoms. The summed E-state index contributed by atoms with van der Waals surface area (Å²) in [4.78, 5) is 0.378. The van der Waals surface area contributed by atoms with E-state index >= 15 is 0 Å². The molecule has 2 heteroatoms. The molecular formula is C9H9BrO. The van der Waals surface area contributed by atoms with Crippen molar-refractivity contribution in [2.45, 2.75) is 10.9 Å². The zero-order chi connectivity index (χ0) is 7.68. The highest BCUT2D eigenvalue weighted by atomic mass is 79.9. The van der Waals surface area contributed by atoms with E-state index in [0.29, 0.717) is 10.9 Å². The fourth-order valence-electron chi connectivity index (χ4n) is 1.08. The number of rotatable bonds is 2. The van der Waals surface area contributed by atoms with Gasteiger partial charge in [-0.15, -0.1) is 0 Å². The Balaban J connectivity index is 2.15. The smallest absolute Gasteiger partial charge is 0.0975 e. The first-order valence-electron chi connectivity index (χ1n) is 3.68. The van der Waals surface area contributed by atoms with E-state index in [2.05, 4.69) is 28.1 Å². The Morgan fingerprint density at radius 3 is 2.55 bits per heavy atom. The molecule has 2 atom stereocenters. The van der Waals surface area contributed by atoms with Crippen molar-refractivity contribution in [2.24, 2.45) is 0 Å². The lowest BCUT2D eigenvalue weighted by Gasteiger charge is -2.04. The summed E-state index contributed by atoms with van der Waals surface area (Å²) in [6.45, 7) is 0.894. The molecule has 1 heterocycles. The topological polar surface area (TPSA) is 12.5 Å². The molecule has 0 radical (unpaired) electrons. The Morgan fingerprint density at radius 2 is 2.00 bits per heavy atom. The van der Waals surface area contributed by atoms with Crippen molar-refractivity contribution in [2.75, 3.05) is 6.61 Å². The summed E-state index contributed by atoms with van der Waals surface area (Å²) >= 11 is 3.59. The minimum atomic E-state index is 0.378. The molecule has 0 amide bonds. The van der Waals surface area contributed by atoms with Crippen LogP contribution in [0.25, 0.3) is 0 Å². The number of epoxide rings is 1. The first-order valence-corrected chi connectivity index (χ1v) is 4.60. The molecule has 1 saturated heterocycles. The van der Waals surface area contributed by atoms with E-state index in [9.17, 15) is 0 Å². The van der Waals surface area contributed by atoms with Crippen LogP contribution in [-0.4, -0.2) is 12.7 Å². The average molecular weight is 213 g/mol. The molecule has 2 rings (SSSR count). The molecule has 0 saturated carbocycles. The molecule has 0 N–H and O–H groups in total. The second kappa shape index (κ2) is 2.95. The molecule has 0 unspecified atom stereocenters. The number of ether oxygens (including phenoxy) is 1. The molecule has 1 aliphatic rings. The predicted molar refractivity (Wildman–Crippen MR) is 47.9 cm³/mol. The Bertz CT molecular complexity index is 231. The van der Waals surface area contributed by atoms with E-state index < -0.39 is 0 Å². The maximum absolute atomic E-state index is 5.18. The summed E-state index contributed by atoms with van der Waals surface area (Å²) in [5, 5.41) is 0. The molecular weight excluding hydrogens is 204 g/mol. The van der Waals surface area contributed by atoms with Gasteiger partial charge in [0.25, 0.3) is 0 Å². The molecule has 0 aromatic heterocycles. The fraction of sp³-hybridized carbons (Fsp3) is 0.333. The van der Waals surface area contributed by atoms with Gasteiger partial charge in [0.2, 0.25) is 0 Å². The largest absolute Gasteiger partial charge is 0.372 e. The monoisotopic (exact) mass is 212 g/mol. The summed E-state index contributed by atoms with van der Waals surface area (Å²) in [7, 11) is 0. The van der Waals surface area contributed by atoms with Gasteiger partial charge in [0.1, 0.15) is 0 Å². The van der Waals surface area contributed by atoms with Gasteiger partial charge in [0.15, 0.2) is 0 Å². The molecule has 1 nitrogen and oxygen atoms in total. The van der Waals surface area contributed by atoms with E-state index in [1.54, 1.807) is 0 Å². The minimum absolute atomic E-state index is 0.378. The standard InChI is InChI=1S/C9H9BrO/c10-9(8-6-11-8)7-4-2-1-3-5-7/h1-5,8-9H,6H2/t8-,9+/m1/s1. The van der Waals surface area contributed by atoms with Crippen molar-refractivity contribution in [1.29, 1.82) is 0 Å². The van der Waals surface area contributed by atoms with Crippen LogP contribution in [0.3, 0.4) is 0 Å². The third-order valence-corrected chi connectivity index (χ3v) is 2.92. The van der Waals surface area contributed by atoms with Crippen LogP contribution >= 0.6 is 15.9 Å². The van der Waals surface area contributed by atoms with Gasteiger partial charge in [0.05, 0.1) is 17.5 Å². The first kappa shape index (κ1) is 7.32. The number of hydrogen-bond donors (Lipinski definition) is 0. The van der Waals surface area contributed by atoms with Crippen molar-refractivity contribution < 1.29 is 4.74 Å². The maximum Gasteiger partial charge on any atom is 0.0975 e. The number of alkyl halides is 1. The number of halogens is 1. The minimum Gasteiger partial charge on any atom is -0.372 e. The third-order valence-electron chi connectivity index (χ3n) is 1.80. The summed E-state index contributed by atoms with van der Waals surface area (Å²) in [6, 6.07) is 10.3. The quantitative estimate of drug-likeness (QED) is 0.543. The van der Waals surface area contributed by atoms with Crippen LogP contribution in [0, 0.1) is 0 Å². The Labute approximate surface area is 74.5 Å². The van der Waals surface area contributed by atoms with Gasteiger partial charge in [-0.2, -0.15) is 0 Å². The number of hydrogen-bond acceptors (Lipinski definition) is 1. The van der Waals surface area contributed by atoms with Gasteiger partial charge in [-0.3, -0.25) is 0 Å². The van der Waals surface area contributed by atoms with E-state index in [1.165, 1.54) is 5.56 Å². The second-order valence-corrected chi connectivity index (χ2v) is 3.67. The van der Waals surface area contributed by atoms with E-state index in [-0.39, 0.29) is 0 Å². The summed E-state index contributed by atoms with van der Waals surface area (Å²) in [5.41, 5.74) is 1.30. The number of benzene rings is 1. The van der Waals surface area contributed by atoms with Gasteiger partial charge < -0.3 is 4.74 Å². The normalized spacial score (nSPS) is 24.6. The zero-order valence-electron chi connectivity index (χ0n) is 6.03. The van der Waals surface area contributed by atoms with Crippen molar-refractivity contribution in [3.05, 3.63) is 35.9 Å². The Kier molecular flexibility index (Phi) is 1.96. The SMILES string of the molecule is Br[C@@H](c1ccccc1)[C@H]1CO1. The van der Waals surface area contributed by atoms with Gasteiger partial charge in [0, 0.05) is 0 Å². The molecule has 0 aliphatic carbocycles. The highest BCUT2D eigenvalue weighted by Gasteiger charge is 2.31. The summed E-state index contributed by atoms with van der Waals surface area (Å²) in [6.07, 6.45) is 0.400. The highest BCUT2D eigenvalue weighted by molar-refractivity contribution is 9.09. The Morgan fingerprint density at radius 1 is 1.36 bits per heavy atom. The van der Waals surface area contributed by atoms with Crippen LogP contribution in [0.1, 0.15) is 10.4 Å². The fourth-order valence-corrected chi connectivity index (χ4v) is 1.69. The zero-order valence-corrected chi connectivity index (χ0v) is 7.62. The predicted octanol–water partition coefficient (Wildman–Crippen LogP) is 2.52. The molecule has 1 aromatic carbocycles. The molecule has 0 bridgehead atoms. The molecule has 58 valence electrons. The van der Waals surface area contributed by atoms with Gasteiger partial charge >= 0.3 is 0 Å². The van der Waals surface area contributed by atoms with Gasteiger partial charge in [-0.25, -0.2) is 0 Å². The van der Waals surface area contributed by atoms with E-state index in [1.807, 2.05) is 18.2 Å². The van der Waals surface area contributed by atoms with Crippen LogP contribution in [0.15, 0.2) is 30.3 Å². The van der Waals surface area contributed by atoms with E-state index in [0.717, 1.165) is 6.61 Å². The molecule has 1 aromatic rings. The van der Waals surface area contributed by atoms with Crippen molar-refractivity contribution in [3.63, 3.8) is 0 Å². The summed E-state index contributed by atoms with van der Waals surface area (Å²) < 4.78 is 5.18. The van der Waals surface area contributed by atoms with Crippen molar-refractivity contribution in [1.82, 2.24) is 0 Å². The van der Waals surface area contributed by atoms with Crippen LogP contribution in [0.2, 0.25) is 0 Å². The van der Waals surface area contributed by atoms with Gasteiger partial charge in [-0.1, -0.05) is 46.3 Å². The van der Waals surface area contributed by atoms with Crippen LogP contribution < -0.4 is 0 Å². The molecule has 1 aliphatic heterocycles. The van der Waals surface area contributed by atoms with Crippen LogP contribution in [-0.2, 0) is 4.74 Å². The molecule has 1 fully saturated rings.